The average Bonchev–Trinajstić information content (AvgIpc) is 2.36. The van der Waals surface area contributed by atoms with Gasteiger partial charge in [0.05, 0.1) is 15.6 Å². The molecule has 4 nitrogen and oxygen atoms in total. The van der Waals surface area contributed by atoms with E-state index in [4.69, 9.17) is 17.3 Å². The van der Waals surface area contributed by atoms with Crippen LogP contribution < -0.4 is 10.5 Å². The summed E-state index contributed by atoms with van der Waals surface area (Å²) < 4.78 is 39.8. The van der Waals surface area contributed by atoms with Gasteiger partial charge in [0, 0.05) is 5.69 Å². The summed E-state index contributed by atoms with van der Waals surface area (Å²) in [6, 6.07) is 7.75. The van der Waals surface area contributed by atoms with Crippen molar-refractivity contribution in [3.05, 3.63) is 52.8 Å². The number of benzene rings is 2. The first-order valence-corrected chi connectivity index (χ1v) is 7.50. The Balaban J connectivity index is 2.40. The lowest BCUT2D eigenvalue weighted by Gasteiger charge is -2.11. The van der Waals surface area contributed by atoms with Gasteiger partial charge in [-0.25, -0.2) is 12.8 Å². The van der Waals surface area contributed by atoms with Crippen LogP contribution >= 0.6 is 11.6 Å². The number of anilines is 2. The molecule has 0 heterocycles. The molecule has 0 bridgehead atoms. The Bertz CT molecular complexity index is 763. The molecule has 2 aromatic carbocycles. The van der Waals surface area contributed by atoms with Crippen molar-refractivity contribution in [1.82, 2.24) is 0 Å². The van der Waals surface area contributed by atoms with Crippen LogP contribution in [0.25, 0.3) is 0 Å². The Labute approximate surface area is 121 Å². The Kier molecular flexibility index (Phi) is 3.87. The number of sulfonamides is 1. The van der Waals surface area contributed by atoms with Gasteiger partial charge in [-0.3, -0.25) is 4.72 Å². The zero-order chi connectivity index (χ0) is 14.9. The third-order valence-electron chi connectivity index (χ3n) is 2.72. The van der Waals surface area contributed by atoms with Crippen LogP contribution in [0.1, 0.15) is 5.56 Å². The van der Waals surface area contributed by atoms with E-state index in [0.29, 0.717) is 11.3 Å². The summed E-state index contributed by atoms with van der Waals surface area (Å²) in [5, 5.41) is 0.113. The highest BCUT2D eigenvalue weighted by atomic mass is 35.5. The van der Waals surface area contributed by atoms with Gasteiger partial charge in [-0.05, 0) is 48.9 Å². The highest BCUT2D eigenvalue weighted by Crippen LogP contribution is 2.26. The van der Waals surface area contributed by atoms with Crippen molar-refractivity contribution in [2.75, 3.05) is 10.5 Å². The second-order valence-corrected chi connectivity index (χ2v) is 6.34. The van der Waals surface area contributed by atoms with E-state index in [9.17, 15) is 12.8 Å². The first-order valence-electron chi connectivity index (χ1n) is 5.63. The van der Waals surface area contributed by atoms with Gasteiger partial charge < -0.3 is 5.73 Å². The van der Waals surface area contributed by atoms with Gasteiger partial charge in [-0.15, -0.1) is 0 Å². The van der Waals surface area contributed by atoms with Crippen molar-refractivity contribution in [1.29, 1.82) is 0 Å². The molecule has 2 aromatic rings. The minimum absolute atomic E-state index is 0.0128. The minimum atomic E-state index is -3.85. The molecule has 0 fully saturated rings. The maximum atomic E-state index is 13.1. The lowest BCUT2D eigenvalue weighted by Crippen LogP contribution is -2.13. The fourth-order valence-electron chi connectivity index (χ4n) is 1.59. The number of nitrogens with one attached hydrogen (secondary N) is 1. The second-order valence-electron chi connectivity index (χ2n) is 4.25. The minimum Gasteiger partial charge on any atom is -0.399 e. The molecule has 0 amide bonds. The Hall–Kier alpha value is -1.79. The normalized spacial score (nSPS) is 11.3. The van der Waals surface area contributed by atoms with Crippen LogP contribution in [0.4, 0.5) is 15.8 Å². The van der Waals surface area contributed by atoms with Gasteiger partial charge in [0.25, 0.3) is 10.0 Å². The molecule has 0 aliphatic heterocycles. The number of halogens is 2. The maximum Gasteiger partial charge on any atom is 0.261 e. The zero-order valence-corrected chi connectivity index (χ0v) is 12.1. The number of aryl methyl sites for hydroxylation is 1. The maximum absolute atomic E-state index is 13.1. The van der Waals surface area contributed by atoms with Crippen molar-refractivity contribution in [2.24, 2.45) is 0 Å². The van der Waals surface area contributed by atoms with E-state index in [0.717, 1.165) is 12.1 Å². The first-order chi connectivity index (χ1) is 9.29. The smallest absolute Gasteiger partial charge is 0.261 e. The number of nitrogens with two attached hydrogens (primary N) is 1. The fourth-order valence-corrected chi connectivity index (χ4v) is 2.97. The van der Waals surface area contributed by atoms with Gasteiger partial charge in [0.15, 0.2) is 0 Å². The van der Waals surface area contributed by atoms with Crippen molar-refractivity contribution in [2.45, 2.75) is 11.8 Å². The average molecular weight is 315 g/mol. The Morgan fingerprint density at radius 3 is 2.55 bits per heavy atom. The molecule has 2 rings (SSSR count). The van der Waals surface area contributed by atoms with Crippen LogP contribution in [0.5, 0.6) is 0 Å². The molecule has 0 saturated heterocycles. The molecule has 0 saturated carbocycles. The lowest BCUT2D eigenvalue weighted by molar-refractivity contribution is 0.601. The third kappa shape index (κ3) is 3.02. The summed E-state index contributed by atoms with van der Waals surface area (Å²) in [7, 11) is -3.85. The monoisotopic (exact) mass is 314 g/mol. The van der Waals surface area contributed by atoms with Gasteiger partial charge >= 0.3 is 0 Å². The highest BCUT2D eigenvalue weighted by molar-refractivity contribution is 7.92. The quantitative estimate of drug-likeness (QED) is 0.855. The molecule has 0 aromatic heterocycles. The van der Waals surface area contributed by atoms with Crippen molar-refractivity contribution < 1.29 is 12.8 Å². The fraction of sp³-hybridized carbons (Fsp3) is 0.0769. The molecule has 20 heavy (non-hydrogen) atoms. The third-order valence-corrected chi connectivity index (χ3v) is 4.42. The zero-order valence-electron chi connectivity index (χ0n) is 10.5. The van der Waals surface area contributed by atoms with E-state index in [1.165, 1.54) is 24.3 Å². The van der Waals surface area contributed by atoms with Gasteiger partial charge in [-0.2, -0.15) is 0 Å². The van der Waals surface area contributed by atoms with E-state index in [1.54, 1.807) is 6.92 Å². The summed E-state index contributed by atoms with van der Waals surface area (Å²) in [5.41, 5.74) is 6.76. The topological polar surface area (TPSA) is 72.2 Å². The molecule has 106 valence electrons. The molecule has 3 N–H and O–H groups in total. The SMILES string of the molecule is Cc1cc(S(=O)(=O)Nc2cc(F)ccc2Cl)ccc1N. The summed E-state index contributed by atoms with van der Waals surface area (Å²) in [5.74, 6) is -0.583. The van der Waals surface area contributed by atoms with Crippen LogP contribution in [-0.2, 0) is 10.0 Å². The summed E-state index contributed by atoms with van der Waals surface area (Å²) in [4.78, 5) is 0.0320. The van der Waals surface area contributed by atoms with E-state index in [1.807, 2.05) is 0 Å². The van der Waals surface area contributed by atoms with Crippen molar-refractivity contribution in [3.8, 4) is 0 Å². The predicted molar refractivity (Wildman–Crippen MR) is 77.8 cm³/mol. The molecule has 0 atom stereocenters. The number of rotatable bonds is 3. The van der Waals surface area contributed by atoms with Crippen molar-refractivity contribution in [3.63, 3.8) is 0 Å². The number of nitrogen functional groups attached to an aromatic ring is 1. The number of hydrogen-bond acceptors (Lipinski definition) is 3. The van der Waals surface area contributed by atoms with Gasteiger partial charge in [0.1, 0.15) is 5.82 Å². The van der Waals surface area contributed by atoms with Gasteiger partial charge in [0.2, 0.25) is 0 Å². The van der Waals surface area contributed by atoms with E-state index < -0.39 is 15.8 Å². The molecule has 0 radical (unpaired) electrons. The van der Waals surface area contributed by atoms with Crippen LogP contribution in [0.2, 0.25) is 5.02 Å². The molecule has 0 aliphatic carbocycles. The molecular weight excluding hydrogens is 303 g/mol. The highest BCUT2D eigenvalue weighted by Gasteiger charge is 2.16. The lowest BCUT2D eigenvalue weighted by atomic mass is 10.2. The first kappa shape index (κ1) is 14.6. The molecule has 0 spiro atoms. The number of hydrogen-bond donors (Lipinski definition) is 2. The standard InChI is InChI=1S/C13H12ClFN2O2S/c1-8-6-10(3-5-12(8)16)20(18,19)17-13-7-9(15)2-4-11(13)14/h2-7,17H,16H2,1H3. The molecule has 0 aliphatic rings. The molecular formula is C13H12ClFN2O2S. The second kappa shape index (κ2) is 5.30. The largest absolute Gasteiger partial charge is 0.399 e. The Morgan fingerprint density at radius 2 is 1.90 bits per heavy atom. The van der Waals surface area contributed by atoms with Crippen LogP contribution in [0.15, 0.2) is 41.3 Å². The summed E-state index contributed by atoms with van der Waals surface area (Å²) in [6.07, 6.45) is 0. The van der Waals surface area contributed by atoms with E-state index in [-0.39, 0.29) is 15.6 Å². The molecule has 7 heteroatoms. The van der Waals surface area contributed by atoms with Crippen LogP contribution in [-0.4, -0.2) is 8.42 Å². The predicted octanol–water partition coefficient (Wildman–Crippen LogP) is 3.17. The van der Waals surface area contributed by atoms with Crippen molar-refractivity contribution >= 4 is 33.0 Å². The molecule has 0 unspecified atom stereocenters. The Morgan fingerprint density at radius 1 is 1.20 bits per heavy atom. The van der Waals surface area contributed by atoms with Crippen LogP contribution in [0.3, 0.4) is 0 Å². The summed E-state index contributed by atoms with van der Waals surface area (Å²) in [6.45, 7) is 1.70. The van der Waals surface area contributed by atoms with E-state index >= 15 is 0 Å². The van der Waals surface area contributed by atoms with Gasteiger partial charge in [-0.1, -0.05) is 11.6 Å². The van der Waals surface area contributed by atoms with E-state index in [2.05, 4.69) is 4.72 Å². The van der Waals surface area contributed by atoms with Crippen LogP contribution in [0, 0.1) is 12.7 Å². The summed E-state index contributed by atoms with van der Waals surface area (Å²) >= 11 is 5.83.